The van der Waals surface area contributed by atoms with Crippen LogP contribution in [0.2, 0.25) is 0 Å². The smallest absolute Gasteiger partial charge is 0.316 e. The zero-order valence-electron chi connectivity index (χ0n) is 22.0. The van der Waals surface area contributed by atoms with Crippen LogP contribution in [0.1, 0.15) is 54.8 Å². The number of carboxylic acid groups (broad SMARTS) is 1. The molecule has 2 atom stereocenters. The number of urea groups is 1. The van der Waals surface area contributed by atoms with E-state index >= 15 is 0 Å². The summed E-state index contributed by atoms with van der Waals surface area (Å²) >= 11 is 3.16. The van der Waals surface area contributed by atoms with Crippen molar-refractivity contribution in [3.63, 3.8) is 0 Å². The van der Waals surface area contributed by atoms with Gasteiger partial charge < -0.3 is 30.1 Å². The van der Waals surface area contributed by atoms with Gasteiger partial charge in [0.15, 0.2) is 11.5 Å². The minimum Gasteiger partial charge on any atom is -0.481 e. The van der Waals surface area contributed by atoms with Crippen molar-refractivity contribution in [1.82, 2.24) is 15.5 Å². The van der Waals surface area contributed by atoms with Crippen molar-refractivity contribution in [3.8, 4) is 11.5 Å². The zero-order valence-corrected chi connectivity index (χ0v) is 23.6. The fourth-order valence-corrected chi connectivity index (χ4v) is 5.92. The number of benzene rings is 1. The standard InChI is InChI=1S/C28H33N3O6S2/c1-3-4-9-22(26(34)31(16-20-7-5-12-38-20)17-21-8-6-13-39-21)29-27(35)30-28(2,15-25(32)33)19-10-11-23-24(14-19)37-18-36-23/h5-8,10-14,22H,3-4,9,15-18H2,1-2H3,(H,32,33)(H2,29,30,35)/t22-,28+/m0/s1. The highest BCUT2D eigenvalue weighted by molar-refractivity contribution is 7.10. The summed E-state index contributed by atoms with van der Waals surface area (Å²) in [5.74, 6) is -0.210. The summed E-state index contributed by atoms with van der Waals surface area (Å²) in [5, 5.41) is 19.3. The van der Waals surface area contributed by atoms with E-state index in [0.717, 1.165) is 22.6 Å². The van der Waals surface area contributed by atoms with Crippen LogP contribution in [-0.4, -0.2) is 40.7 Å². The van der Waals surface area contributed by atoms with Crippen molar-refractivity contribution in [2.75, 3.05) is 6.79 Å². The number of aliphatic carboxylic acids is 1. The van der Waals surface area contributed by atoms with Crippen molar-refractivity contribution < 1.29 is 29.0 Å². The largest absolute Gasteiger partial charge is 0.481 e. The molecule has 0 aliphatic carbocycles. The molecule has 1 aliphatic heterocycles. The Kier molecular flexibility index (Phi) is 9.47. The van der Waals surface area contributed by atoms with E-state index in [1.165, 1.54) is 0 Å². The lowest BCUT2D eigenvalue weighted by Gasteiger charge is -2.32. The molecule has 39 heavy (non-hydrogen) atoms. The number of hydrogen-bond donors (Lipinski definition) is 3. The number of unbranched alkanes of at least 4 members (excludes halogenated alkanes) is 1. The average molecular weight is 572 g/mol. The molecule has 2 aromatic heterocycles. The molecule has 3 N–H and O–H groups in total. The molecule has 1 aliphatic rings. The van der Waals surface area contributed by atoms with Gasteiger partial charge in [0.1, 0.15) is 6.04 Å². The Balaban J connectivity index is 1.53. The maximum atomic E-state index is 13.8. The van der Waals surface area contributed by atoms with Crippen LogP contribution in [0.3, 0.4) is 0 Å². The van der Waals surface area contributed by atoms with E-state index in [2.05, 4.69) is 10.6 Å². The van der Waals surface area contributed by atoms with Crippen LogP contribution >= 0.6 is 22.7 Å². The second kappa shape index (κ2) is 13.0. The monoisotopic (exact) mass is 571 g/mol. The summed E-state index contributed by atoms with van der Waals surface area (Å²) in [7, 11) is 0. The number of ether oxygens (including phenoxy) is 2. The molecule has 11 heteroatoms. The molecule has 3 heterocycles. The van der Waals surface area contributed by atoms with Crippen LogP contribution in [-0.2, 0) is 28.2 Å². The highest BCUT2D eigenvalue weighted by Crippen LogP contribution is 2.37. The molecule has 0 fully saturated rings. The number of carbonyl (C=O) groups excluding carboxylic acids is 2. The number of carbonyl (C=O) groups is 3. The Morgan fingerprint density at radius 2 is 1.72 bits per heavy atom. The molecule has 0 unspecified atom stereocenters. The topological polar surface area (TPSA) is 117 Å². The van der Waals surface area contributed by atoms with Crippen molar-refractivity contribution >= 4 is 40.6 Å². The predicted molar refractivity (Wildman–Crippen MR) is 150 cm³/mol. The van der Waals surface area contributed by atoms with E-state index in [1.54, 1.807) is 52.7 Å². The number of thiophene rings is 2. The molecule has 1 aromatic carbocycles. The SMILES string of the molecule is CCCC[C@H](NC(=O)N[C@](C)(CC(=O)O)c1ccc2c(c1)OCO2)C(=O)N(Cc1cccs1)Cc1cccs1. The zero-order chi connectivity index (χ0) is 27.8. The second-order valence-corrected chi connectivity index (χ2v) is 11.7. The first kappa shape index (κ1) is 28.4. The second-order valence-electron chi connectivity index (χ2n) is 9.62. The summed E-state index contributed by atoms with van der Waals surface area (Å²) in [4.78, 5) is 42.8. The summed E-state index contributed by atoms with van der Waals surface area (Å²) in [6.07, 6.45) is 1.71. The van der Waals surface area contributed by atoms with Gasteiger partial charge in [-0.2, -0.15) is 0 Å². The Bertz CT molecular complexity index is 1230. The molecular formula is C28H33N3O6S2. The normalized spacial score (nSPS) is 14.3. The molecule has 0 bridgehead atoms. The van der Waals surface area contributed by atoms with Gasteiger partial charge in [-0.05, 0) is 53.9 Å². The Hall–Kier alpha value is -3.57. The summed E-state index contributed by atoms with van der Waals surface area (Å²) in [5.41, 5.74) is -0.708. The lowest BCUT2D eigenvalue weighted by molar-refractivity contribution is -0.138. The van der Waals surface area contributed by atoms with Crippen LogP contribution < -0.4 is 20.1 Å². The maximum Gasteiger partial charge on any atom is 0.316 e. The third-order valence-corrected chi connectivity index (χ3v) is 8.24. The average Bonchev–Trinajstić information content (AvgIpc) is 3.68. The number of nitrogens with zero attached hydrogens (tertiary/aromatic N) is 1. The van der Waals surface area contributed by atoms with Crippen LogP contribution in [0, 0.1) is 0 Å². The van der Waals surface area contributed by atoms with Crippen molar-refractivity contribution in [3.05, 3.63) is 68.5 Å². The van der Waals surface area contributed by atoms with Crippen molar-refractivity contribution in [2.45, 2.75) is 64.2 Å². The lowest BCUT2D eigenvalue weighted by atomic mass is 9.88. The van der Waals surface area contributed by atoms with E-state index in [-0.39, 0.29) is 19.1 Å². The molecule has 208 valence electrons. The van der Waals surface area contributed by atoms with E-state index in [9.17, 15) is 19.5 Å². The predicted octanol–water partition coefficient (Wildman–Crippen LogP) is 5.32. The molecule has 0 radical (unpaired) electrons. The molecule has 0 spiro atoms. The summed E-state index contributed by atoms with van der Waals surface area (Å²) in [6, 6.07) is 11.6. The highest BCUT2D eigenvalue weighted by atomic mass is 32.1. The Morgan fingerprint density at radius 3 is 2.31 bits per heavy atom. The third-order valence-electron chi connectivity index (χ3n) is 6.52. The molecule has 4 rings (SSSR count). The van der Waals surface area contributed by atoms with Crippen molar-refractivity contribution in [2.24, 2.45) is 0 Å². The number of carboxylic acids is 1. The van der Waals surface area contributed by atoms with E-state index in [0.29, 0.717) is 36.6 Å². The minimum absolute atomic E-state index is 0.0804. The van der Waals surface area contributed by atoms with E-state index < -0.39 is 23.6 Å². The number of amides is 3. The maximum absolute atomic E-state index is 13.8. The third kappa shape index (κ3) is 7.51. The first-order valence-corrected chi connectivity index (χ1v) is 14.6. The fourth-order valence-electron chi connectivity index (χ4n) is 4.48. The summed E-state index contributed by atoms with van der Waals surface area (Å²) < 4.78 is 10.8. The first-order valence-electron chi connectivity index (χ1n) is 12.8. The van der Waals surface area contributed by atoms with E-state index in [1.807, 2.05) is 41.9 Å². The quantitative estimate of drug-likeness (QED) is 0.256. The highest BCUT2D eigenvalue weighted by Gasteiger charge is 2.35. The van der Waals surface area contributed by atoms with Gasteiger partial charge in [0.25, 0.3) is 0 Å². The van der Waals surface area contributed by atoms with Gasteiger partial charge in [0.05, 0.1) is 25.0 Å². The van der Waals surface area contributed by atoms with Crippen LogP contribution in [0.4, 0.5) is 4.79 Å². The van der Waals surface area contributed by atoms with Gasteiger partial charge in [-0.1, -0.05) is 38.0 Å². The molecule has 0 saturated carbocycles. The van der Waals surface area contributed by atoms with Gasteiger partial charge in [-0.15, -0.1) is 22.7 Å². The molecule has 3 amide bonds. The summed E-state index contributed by atoms with van der Waals surface area (Å²) in [6.45, 7) is 4.63. The van der Waals surface area contributed by atoms with Crippen LogP contribution in [0.25, 0.3) is 0 Å². The number of nitrogens with one attached hydrogen (secondary N) is 2. The van der Waals surface area contributed by atoms with Crippen LogP contribution in [0.5, 0.6) is 11.5 Å². The van der Waals surface area contributed by atoms with Crippen LogP contribution in [0.15, 0.2) is 53.2 Å². The molecular weight excluding hydrogens is 538 g/mol. The minimum atomic E-state index is -1.26. The van der Waals surface area contributed by atoms with Gasteiger partial charge in [-0.3, -0.25) is 9.59 Å². The van der Waals surface area contributed by atoms with Gasteiger partial charge in [0, 0.05) is 9.75 Å². The Labute approximate surface area is 235 Å². The molecule has 3 aromatic rings. The van der Waals surface area contributed by atoms with Gasteiger partial charge in [0.2, 0.25) is 12.7 Å². The van der Waals surface area contributed by atoms with Gasteiger partial charge >= 0.3 is 12.0 Å². The fraction of sp³-hybridized carbons (Fsp3) is 0.393. The van der Waals surface area contributed by atoms with E-state index in [4.69, 9.17) is 9.47 Å². The first-order chi connectivity index (χ1) is 18.8. The lowest BCUT2D eigenvalue weighted by Crippen LogP contribution is -2.55. The molecule has 0 saturated heterocycles. The number of hydrogen-bond acceptors (Lipinski definition) is 7. The number of rotatable bonds is 13. The number of fused-ring (bicyclic) bond motifs is 1. The molecule has 9 nitrogen and oxygen atoms in total. The van der Waals surface area contributed by atoms with Gasteiger partial charge in [-0.25, -0.2) is 4.79 Å². The van der Waals surface area contributed by atoms with Crippen molar-refractivity contribution in [1.29, 1.82) is 0 Å². The Morgan fingerprint density at radius 1 is 1.05 bits per heavy atom.